The highest BCUT2D eigenvalue weighted by Crippen LogP contribution is 2.33. The van der Waals surface area contributed by atoms with Crippen LogP contribution in [0, 0.1) is 6.92 Å². The van der Waals surface area contributed by atoms with E-state index in [1.165, 1.54) is 11.3 Å². The van der Waals surface area contributed by atoms with Crippen molar-refractivity contribution in [1.29, 1.82) is 0 Å². The molecule has 1 atom stereocenters. The van der Waals surface area contributed by atoms with E-state index in [4.69, 9.17) is 0 Å². The Morgan fingerprint density at radius 2 is 1.67 bits per heavy atom. The van der Waals surface area contributed by atoms with Crippen LogP contribution in [0.2, 0.25) is 0 Å². The third-order valence-electron chi connectivity index (χ3n) is 4.71. The van der Waals surface area contributed by atoms with Crippen molar-refractivity contribution in [2.45, 2.75) is 19.5 Å². The minimum Gasteiger partial charge on any atom is -0.348 e. The molecule has 0 fully saturated rings. The highest BCUT2D eigenvalue weighted by molar-refractivity contribution is 5.94. The lowest BCUT2D eigenvalue weighted by molar-refractivity contribution is 0.0664. The van der Waals surface area contributed by atoms with Gasteiger partial charge >= 0.3 is 0 Å². The van der Waals surface area contributed by atoms with Crippen molar-refractivity contribution in [1.82, 2.24) is 9.47 Å². The maximum atomic E-state index is 13.1. The monoisotopic (exact) mass is 316 g/mol. The average molecular weight is 316 g/mol. The maximum absolute atomic E-state index is 13.1. The Kier molecular flexibility index (Phi) is 3.69. The van der Waals surface area contributed by atoms with Crippen LogP contribution in [-0.2, 0) is 6.54 Å². The Balaban J connectivity index is 1.76. The first-order valence-corrected chi connectivity index (χ1v) is 8.31. The van der Waals surface area contributed by atoms with Crippen LogP contribution in [0.4, 0.5) is 0 Å². The first-order chi connectivity index (χ1) is 11.7. The number of amides is 1. The fourth-order valence-electron chi connectivity index (χ4n) is 3.45. The summed E-state index contributed by atoms with van der Waals surface area (Å²) in [6.45, 7) is 3.59. The molecular weight excluding hydrogens is 296 g/mol. The molecule has 0 aliphatic carbocycles. The Bertz CT molecular complexity index is 849. The summed E-state index contributed by atoms with van der Waals surface area (Å²) in [7, 11) is 0. The van der Waals surface area contributed by atoms with Crippen molar-refractivity contribution >= 4 is 5.91 Å². The summed E-state index contributed by atoms with van der Waals surface area (Å²) >= 11 is 0. The highest BCUT2D eigenvalue weighted by atomic mass is 16.2. The van der Waals surface area contributed by atoms with Gasteiger partial charge in [-0.15, -0.1) is 0 Å². The topological polar surface area (TPSA) is 25.2 Å². The molecule has 3 heteroatoms. The molecule has 0 radical (unpaired) electrons. The van der Waals surface area contributed by atoms with Gasteiger partial charge in [-0.25, -0.2) is 0 Å². The molecule has 0 bridgehead atoms. The Morgan fingerprint density at radius 1 is 0.917 bits per heavy atom. The number of hydrogen-bond acceptors (Lipinski definition) is 1. The molecule has 0 saturated carbocycles. The Hall–Kier alpha value is -2.81. The molecular formula is C21H20N2O. The fourth-order valence-corrected chi connectivity index (χ4v) is 3.45. The van der Waals surface area contributed by atoms with Crippen LogP contribution < -0.4 is 0 Å². The highest BCUT2D eigenvalue weighted by Gasteiger charge is 2.32. The number of aromatic nitrogens is 1. The molecule has 24 heavy (non-hydrogen) atoms. The van der Waals surface area contributed by atoms with E-state index in [9.17, 15) is 4.79 Å². The van der Waals surface area contributed by atoms with Crippen molar-refractivity contribution in [3.05, 3.63) is 95.3 Å². The zero-order valence-electron chi connectivity index (χ0n) is 13.7. The molecule has 0 saturated heterocycles. The van der Waals surface area contributed by atoms with E-state index in [1.807, 2.05) is 54.3 Å². The molecule has 1 aliphatic rings. The van der Waals surface area contributed by atoms with Crippen LogP contribution in [0.25, 0.3) is 0 Å². The Morgan fingerprint density at radius 3 is 2.42 bits per heavy atom. The van der Waals surface area contributed by atoms with Crippen LogP contribution in [0.1, 0.15) is 33.2 Å². The predicted octanol–water partition coefficient (Wildman–Crippen LogP) is 4.04. The minimum absolute atomic E-state index is 0.0382. The zero-order chi connectivity index (χ0) is 16.5. The number of fused-ring (bicyclic) bond motifs is 1. The number of carbonyl (C=O) groups is 1. The van der Waals surface area contributed by atoms with Gasteiger partial charge in [0.05, 0.1) is 6.04 Å². The second kappa shape index (κ2) is 6.00. The Labute approximate surface area is 142 Å². The van der Waals surface area contributed by atoms with Gasteiger partial charge in [0.2, 0.25) is 0 Å². The molecule has 0 spiro atoms. The van der Waals surface area contributed by atoms with Gasteiger partial charge in [0.1, 0.15) is 0 Å². The SMILES string of the molecule is Cc1ccc(C(=O)N2CCn3cccc3C2c2ccccc2)cc1. The molecule has 3 aromatic rings. The number of aryl methyl sites for hydroxylation is 1. The first-order valence-electron chi connectivity index (χ1n) is 8.31. The van der Waals surface area contributed by atoms with Gasteiger partial charge in [0.25, 0.3) is 5.91 Å². The van der Waals surface area contributed by atoms with E-state index in [0.717, 1.165) is 17.7 Å². The summed E-state index contributed by atoms with van der Waals surface area (Å²) < 4.78 is 2.25. The number of rotatable bonds is 2. The van der Waals surface area contributed by atoms with Crippen molar-refractivity contribution in [3.8, 4) is 0 Å². The molecule has 2 aromatic carbocycles. The van der Waals surface area contributed by atoms with Crippen molar-refractivity contribution < 1.29 is 4.79 Å². The van der Waals surface area contributed by atoms with Gasteiger partial charge in [-0.3, -0.25) is 4.79 Å². The van der Waals surface area contributed by atoms with Crippen LogP contribution in [-0.4, -0.2) is 21.9 Å². The van der Waals surface area contributed by atoms with E-state index >= 15 is 0 Å². The predicted molar refractivity (Wildman–Crippen MR) is 94.9 cm³/mol. The van der Waals surface area contributed by atoms with Crippen LogP contribution in [0.5, 0.6) is 0 Å². The number of nitrogens with zero attached hydrogens (tertiary/aromatic N) is 2. The van der Waals surface area contributed by atoms with E-state index in [1.54, 1.807) is 0 Å². The number of benzene rings is 2. The normalized spacial score (nSPS) is 16.7. The summed E-state index contributed by atoms with van der Waals surface area (Å²) in [4.78, 5) is 15.1. The third-order valence-corrected chi connectivity index (χ3v) is 4.71. The van der Waals surface area contributed by atoms with Crippen LogP contribution >= 0.6 is 0 Å². The molecule has 4 rings (SSSR count). The van der Waals surface area contributed by atoms with Gasteiger partial charge in [-0.1, -0.05) is 48.0 Å². The summed E-state index contributed by atoms with van der Waals surface area (Å²) in [6.07, 6.45) is 2.10. The summed E-state index contributed by atoms with van der Waals surface area (Å²) in [5, 5.41) is 0. The van der Waals surface area contributed by atoms with E-state index in [-0.39, 0.29) is 11.9 Å². The second-order valence-corrected chi connectivity index (χ2v) is 6.30. The second-order valence-electron chi connectivity index (χ2n) is 6.30. The molecule has 1 amide bonds. The van der Waals surface area contributed by atoms with Gasteiger partial charge in [0, 0.05) is 30.5 Å². The number of carbonyl (C=O) groups excluding carboxylic acids is 1. The van der Waals surface area contributed by atoms with Crippen LogP contribution in [0.15, 0.2) is 72.9 Å². The average Bonchev–Trinajstić information content (AvgIpc) is 3.10. The standard InChI is InChI=1S/C21H20N2O/c1-16-9-11-18(12-10-16)21(24)23-15-14-22-13-5-8-19(22)20(23)17-6-3-2-4-7-17/h2-13,20H,14-15H2,1H3. The van der Waals surface area contributed by atoms with Gasteiger partial charge in [-0.2, -0.15) is 0 Å². The van der Waals surface area contributed by atoms with Crippen LogP contribution in [0.3, 0.4) is 0 Å². The van der Waals surface area contributed by atoms with Gasteiger partial charge < -0.3 is 9.47 Å². The summed E-state index contributed by atoms with van der Waals surface area (Å²) in [6, 6.07) is 22.3. The smallest absolute Gasteiger partial charge is 0.254 e. The lowest BCUT2D eigenvalue weighted by Crippen LogP contribution is -2.42. The fraction of sp³-hybridized carbons (Fsp3) is 0.190. The molecule has 1 aromatic heterocycles. The third kappa shape index (κ3) is 2.52. The first kappa shape index (κ1) is 14.8. The van der Waals surface area contributed by atoms with Gasteiger partial charge in [0.15, 0.2) is 0 Å². The maximum Gasteiger partial charge on any atom is 0.254 e. The van der Waals surface area contributed by atoms with Crippen molar-refractivity contribution in [2.24, 2.45) is 0 Å². The lowest BCUT2D eigenvalue weighted by atomic mass is 9.99. The van der Waals surface area contributed by atoms with Gasteiger partial charge in [-0.05, 0) is 36.8 Å². The minimum atomic E-state index is -0.0382. The molecule has 2 heterocycles. The zero-order valence-corrected chi connectivity index (χ0v) is 13.7. The molecule has 1 unspecified atom stereocenters. The largest absolute Gasteiger partial charge is 0.348 e. The summed E-state index contributed by atoms with van der Waals surface area (Å²) in [5.41, 5.74) is 4.24. The summed E-state index contributed by atoms with van der Waals surface area (Å²) in [5.74, 6) is 0.0938. The van der Waals surface area contributed by atoms with Crippen molar-refractivity contribution in [3.63, 3.8) is 0 Å². The quantitative estimate of drug-likeness (QED) is 0.700. The van der Waals surface area contributed by atoms with E-state index in [2.05, 4.69) is 35.0 Å². The molecule has 120 valence electrons. The molecule has 1 aliphatic heterocycles. The van der Waals surface area contributed by atoms with Crippen molar-refractivity contribution in [2.75, 3.05) is 6.54 Å². The lowest BCUT2D eigenvalue weighted by Gasteiger charge is -2.37. The molecule has 0 N–H and O–H groups in total. The molecule has 3 nitrogen and oxygen atoms in total. The van der Waals surface area contributed by atoms with E-state index in [0.29, 0.717) is 6.54 Å². The van der Waals surface area contributed by atoms with E-state index < -0.39 is 0 Å². The number of hydrogen-bond donors (Lipinski definition) is 0.